The summed E-state index contributed by atoms with van der Waals surface area (Å²) in [5.41, 5.74) is 14.2. The molecule has 0 aliphatic rings. The maximum atomic E-state index is 11.0. The van der Waals surface area contributed by atoms with Gasteiger partial charge in [0.25, 0.3) is 0 Å². The van der Waals surface area contributed by atoms with Gasteiger partial charge in [-0.1, -0.05) is 6.92 Å². The second-order valence-corrected chi connectivity index (χ2v) is 3.03. The van der Waals surface area contributed by atoms with Crippen molar-refractivity contribution in [3.05, 3.63) is 12.3 Å². The summed E-state index contributed by atoms with van der Waals surface area (Å²) in [7, 11) is 0. The van der Waals surface area contributed by atoms with Crippen LogP contribution in [0.25, 0.3) is 0 Å². The van der Waals surface area contributed by atoms with E-state index in [-0.39, 0.29) is 11.8 Å². The van der Waals surface area contributed by atoms with Crippen LogP contribution in [0.15, 0.2) is 12.3 Å². The van der Waals surface area contributed by atoms with Crippen molar-refractivity contribution in [2.75, 3.05) is 16.9 Å². The third kappa shape index (κ3) is 3.34. The number of nitrogens with one attached hydrogen (secondary N) is 1. The highest BCUT2D eigenvalue weighted by atomic mass is 16.7. The Kier molecular flexibility index (Phi) is 3.73. The summed E-state index contributed by atoms with van der Waals surface area (Å²) in [5, 5.41) is 0. The summed E-state index contributed by atoms with van der Waals surface area (Å²) in [6, 6.07) is 1.53. The number of hydrogen-bond acceptors (Lipinski definition) is 6. The summed E-state index contributed by atoms with van der Waals surface area (Å²) in [4.78, 5) is 19.6. The Hall–Kier alpha value is -1.98. The van der Waals surface area contributed by atoms with Gasteiger partial charge in [0, 0.05) is 6.42 Å². The number of nitrogen functional groups attached to an aromatic ring is 2. The molecule has 0 atom stereocenters. The smallest absolute Gasteiger partial charge is 0.332 e. The number of carbonyl (C=O) groups excluding carboxylic acids is 1. The molecular formula is C9H14N4O2. The Labute approximate surface area is 87.6 Å². The van der Waals surface area contributed by atoms with Crippen molar-refractivity contribution >= 4 is 23.2 Å². The molecule has 0 bridgehead atoms. The average Bonchev–Trinajstić information content (AvgIpc) is 2.17. The molecule has 0 spiro atoms. The molecule has 1 aromatic rings. The van der Waals surface area contributed by atoms with Gasteiger partial charge in [-0.2, -0.15) is 5.48 Å². The minimum Gasteiger partial charge on any atom is -0.397 e. The van der Waals surface area contributed by atoms with Crippen LogP contribution in [-0.2, 0) is 9.63 Å². The van der Waals surface area contributed by atoms with E-state index in [2.05, 4.69) is 10.5 Å². The van der Waals surface area contributed by atoms with Gasteiger partial charge in [0.2, 0.25) is 0 Å². The van der Waals surface area contributed by atoms with Gasteiger partial charge in [-0.3, -0.25) is 0 Å². The highest BCUT2D eigenvalue weighted by molar-refractivity contribution is 5.72. The van der Waals surface area contributed by atoms with Crippen LogP contribution >= 0.6 is 0 Å². The summed E-state index contributed by atoms with van der Waals surface area (Å²) >= 11 is 0. The first-order valence-electron chi connectivity index (χ1n) is 4.60. The van der Waals surface area contributed by atoms with E-state index in [0.29, 0.717) is 17.8 Å². The molecule has 1 aromatic heterocycles. The third-order valence-electron chi connectivity index (χ3n) is 1.65. The standard InChI is InChI=1S/C9H14N4O2/c1-2-3-8(14)15-13-9-7(11)4-6(10)5-12-9/h4-5H,2-3,10-11H2,1H3,(H,12,13). The summed E-state index contributed by atoms with van der Waals surface area (Å²) in [6.07, 6.45) is 2.50. The molecule has 0 saturated heterocycles. The van der Waals surface area contributed by atoms with Gasteiger partial charge in [0.1, 0.15) is 0 Å². The lowest BCUT2D eigenvalue weighted by molar-refractivity contribution is -0.140. The zero-order valence-corrected chi connectivity index (χ0v) is 8.49. The van der Waals surface area contributed by atoms with Gasteiger partial charge in [-0.25, -0.2) is 9.78 Å². The van der Waals surface area contributed by atoms with E-state index in [1.807, 2.05) is 6.92 Å². The Morgan fingerprint density at radius 2 is 2.33 bits per heavy atom. The van der Waals surface area contributed by atoms with Gasteiger partial charge in [-0.15, -0.1) is 0 Å². The number of pyridine rings is 1. The predicted octanol–water partition coefficient (Wildman–Crippen LogP) is 0.916. The number of hydrogen-bond donors (Lipinski definition) is 3. The molecule has 1 heterocycles. The van der Waals surface area contributed by atoms with Crippen LogP contribution in [0.5, 0.6) is 0 Å². The Bertz CT molecular complexity index is 354. The SMILES string of the molecule is CCCC(=O)ONc1ncc(N)cc1N. The van der Waals surface area contributed by atoms with Crippen LogP contribution < -0.4 is 16.9 Å². The number of nitrogens with two attached hydrogens (primary N) is 2. The van der Waals surface area contributed by atoms with Crippen LogP contribution in [0.2, 0.25) is 0 Å². The highest BCUT2D eigenvalue weighted by Gasteiger charge is 2.04. The third-order valence-corrected chi connectivity index (χ3v) is 1.65. The molecule has 0 fully saturated rings. The van der Waals surface area contributed by atoms with E-state index < -0.39 is 0 Å². The lowest BCUT2D eigenvalue weighted by Gasteiger charge is -2.07. The monoisotopic (exact) mass is 210 g/mol. The number of rotatable bonds is 4. The molecule has 15 heavy (non-hydrogen) atoms. The fourth-order valence-electron chi connectivity index (χ4n) is 0.944. The molecule has 82 valence electrons. The molecule has 0 saturated carbocycles. The minimum atomic E-state index is -0.351. The summed E-state index contributed by atoms with van der Waals surface area (Å²) in [6.45, 7) is 1.89. The van der Waals surface area contributed by atoms with E-state index in [1.54, 1.807) is 0 Å². The van der Waals surface area contributed by atoms with E-state index >= 15 is 0 Å². The predicted molar refractivity (Wildman–Crippen MR) is 57.7 cm³/mol. The molecule has 6 heteroatoms. The average molecular weight is 210 g/mol. The van der Waals surface area contributed by atoms with Crippen molar-refractivity contribution < 1.29 is 9.63 Å². The molecular weight excluding hydrogens is 196 g/mol. The molecule has 0 amide bonds. The fraction of sp³-hybridized carbons (Fsp3) is 0.333. The lowest BCUT2D eigenvalue weighted by Crippen LogP contribution is -2.12. The molecule has 5 N–H and O–H groups in total. The van der Waals surface area contributed by atoms with E-state index in [1.165, 1.54) is 12.3 Å². The number of carbonyl (C=O) groups is 1. The largest absolute Gasteiger partial charge is 0.397 e. The van der Waals surface area contributed by atoms with E-state index in [4.69, 9.17) is 16.3 Å². The molecule has 1 rings (SSSR count). The van der Waals surface area contributed by atoms with Crippen LogP contribution in [-0.4, -0.2) is 11.0 Å². The highest BCUT2D eigenvalue weighted by Crippen LogP contribution is 2.17. The van der Waals surface area contributed by atoms with Gasteiger partial charge in [0.15, 0.2) is 5.82 Å². The maximum absolute atomic E-state index is 11.0. The molecule has 6 nitrogen and oxygen atoms in total. The van der Waals surface area contributed by atoms with Gasteiger partial charge in [0.05, 0.1) is 17.6 Å². The van der Waals surface area contributed by atoms with Crippen LogP contribution in [0.3, 0.4) is 0 Å². The van der Waals surface area contributed by atoms with Crippen LogP contribution in [0, 0.1) is 0 Å². The Morgan fingerprint density at radius 1 is 1.60 bits per heavy atom. The second-order valence-electron chi connectivity index (χ2n) is 3.03. The van der Waals surface area contributed by atoms with E-state index in [9.17, 15) is 4.79 Å². The number of aromatic nitrogens is 1. The van der Waals surface area contributed by atoms with Crippen molar-refractivity contribution in [1.29, 1.82) is 0 Å². The van der Waals surface area contributed by atoms with Crippen molar-refractivity contribution in [3.63, 3.8) is 0 Å². The minimum absolute atomic E-state index is 0.286. The van der Waals surface area contributed by atoms with Crippen molar-refractivity contribution in [2.45, 2.75) is 19.8 Å². The first-order chi connectivity index (χ1) is 7.13. The normalized spacial score (nSPS) is 9.67. The molecule has 0 unspecified atom stereocenters. The van der Waals surface area contributed by atoms with Crippen molar-refractivity contribution in [3.8, 4) is 0 Å². The quantitative estimate of drug-likeness (QED) is 0.638. The van der Waals surface area contributed by atoms with Crippen LogP contribution in [0.1, 0.15) is 19.8 Å². The fourth-order valence-corrected chi connectivity index (χ4v) is 0.944. The topological polar surface area (TPSA) is 103 Å². The molecule has 0 radical (unpaired) electrons. The first kappa shape index (κ1) is 11.1. The lowest BCUT2D eigenvalue weighted by atomic mass is 10.3. The maximum Gasteiger partial charge on any atom is 0.332 e. The van der Waals surface area contributed by atoms with Gasteiger partial charge < -0.3 is 16.3 Å². The van der Waals surface area contributed by atoms with Crippen molar-refractivity contribution in [1.82, 2.24) is 4.98 Å². The molecule has 0 aliphatic heterocycles. The van der Waals surface area contributed by atoms with E-state index in [0.717, 1.165) is 6.42 Å². The summed E-state index contributed by atoms with van der Waals surface area (Å²) in [5.74, 6) is -0.0656. The zero-order valence-electron chi connectivity index (χ0n) is 8.49. The van der Waals surface area contributed by atoms with Gasteiger partial charge in [-0.05, 0) is 12.5 Å². The van der Waals surface area contributed by atoms with Gasteiger partial charge >= 0.3 is 5.97 Å². The van der Waals surface area contributed by atoms with Crippen molar-refractivity contribution in [2.24, 2.45) is 0 Å². The Morgan fingerprint density at radius 3 is 2.93 bits per heavy atom. The number of nitrogens with zero attached hydrogens (tertiary/aromatic N) is 1. The molecule has 0 aromatic carbocycles. The first-order valence-corrected chi connectivity index (χ1v) is 4.60. The zero-order chi connectivity index (χ0) is 11.3. The summed E-state index contributed by atoms with van der Waals surface area (Å²) < 4.78 is 0. The second kappa shape index (κ2) is 5.04. The Balaban J connectivity index is 2.54. The van der Waals surface area contributed by atoms with Crippen LogP contribution in [0.4, 0.5) is 17.2 Å². The number of anilines is 3. The molecule has 0 aliphatic carbocycles.